The van der Waals surface area contributed by atoms with Crippen molar-refractivity contribution in [2.24, 2.45) is 15.9 Å². The van der Waals surface area contributed by atoms with Crippen LogP contribution in [0.4, 0.5) is 5.82 Å². The molecule has 1 unspecified atom stereocenters. The van der Waals surface area contributed by atoms with Gasteiger partial charge in [0.15, 0.2) is 22.7 Å². The van der Waals surface area contributed by atoms with Gasteiger partial charge < -0.3 is 15.5 Å². The first-order chi connectivity index (χ1) is 10.6. The molecule has 0 saturated carbocycles. The van der Waals surface area contributed by atoms with Crippen molar-refractivity contribution in [3.8, 4) is 0 Å². The molecule has 12 heteroatoms. The van der Waals surface area contributed by atoms with Crippen LogP contribution < -0.4 is 20.9 Å². The van der Waals surface area contributed by atoms with Crippen molar-refractivity contribution >= 4 is 38.8 Å². The summed E-state index contributed by atoms with van der Waals surface area (Å²) in [7, 11) is 0. The largest absolute Gasteiger partial charge is 0.466 e. The van der Waals surface area contributed by atoms with Crippen molar-refractivity contribution in [3.63, 3.8) is 0 Å². The Bertz CT molecular complexity index is 671. The smallest absolute Gasteiger partial charge is 0.202 e. The number of halogens is 1. The van der Waals surface area contributed by atoms with Gasteiger partial charge in [-0.3, -0.25) is 4.99 Å². The highest BCUT2D eigenvalue weighted by molar-refractivity contribution is 9.10. The summed E-state index contributed by atoms with van der Waals surface area (Å²) < 4.78 is 23.9. The highest BCUT2D eigenvalue weighted by Gasteiger charge is 2.13. The third-order valence-corrected chi connectivity index (χ3v) is 3.32. The number of anilines is 1. The van der Waals surface area contributed by atoms with Crippen molar-refractivity contribution in [2.75, 3.05) is 18.4 Å². The lowest BCUT2D eigenvalue weighted by molar-refractivity contribution is 0.307. The number of amidine groups is 1. The van der Waals surface area contributed by atoms with Gasteiger partial charge in [-0.15, -0.1) is 0 Å². The van der Waals surface area contributed by atoms with E-state index in [0.717, 1.165) is 4.47 Å². The molecule has 0 bridgehead atoms. The van der Waals surface area contributed by atoms with Crippen LogP contribution in [0.3, 0.4) is 0 Å². The van der Waals surface area contributed by atoms with Crippen LogP contribution >= 0.6 is 15.9 Å². The van der Waals surface area contributed by atoms with E-state index in [1.807, 2.05) is 0 Å². The highest BCUT2D eigenvalue weighted by Crippen LogP contribution is 2.15. The highest BCUT2D eigenvalue weighted by atomic mass is 79.9. The van der Waals surface area contributed by atoms with Gasteiger partial charge in [-0.1, -0.05) is 0 Å². The maximum absolute atomic E-state index is 10.7. The number of hydrogen-bond acceptors (Lipinski definition) is 7. The molecule has 0 saturated heterocycles. The molecule has 0 aromatic carbocycles. The van der Waals surface area contributed by atoms with Crippen molar-refractivity contribution < 1.29 is 13.3 Å². The zero-order chi connectivity index (χ0) is 15.9. The normalized spacial score (nSPS) is 13.3. The minimum Gasteiger partial charge on any atom is -0.466 e. The van der Waals surface area contributed by atoms with E-state index < -0.39 is 11.2 Å². The van der Waals surface area contributed by atoms with Crippen molar-refractivity contribution in [2.45, 2.75) is 6.54 Å². The van der Waals surface area contributed by atoms with Gasteiger partial charge in [-0.25, -0.2) is 18.7 Å². The van der Waals surface area contributed by atoms with E-state index in [9.17, 15) is 4.21 Å². The van der Waals surface area contributed by atoms with E-state index in [4.69, 9.17) is 15.3 Å². The van der Waals surface area contributed by atoms with Gasteiger partial charge in [0.05, 0.1) is 11.0 Å². The second-order valence-corrected chi connectivity index (χ2v) is 5.81. The summed E-state index contributed by atoms with van der Waals surface area (Å²) in [5.74, 6) is 1.15. The Labute approximate surface area is 136 Å². The molecule has 2 rings (SSSR count). The average Bonchev–Trinajstić information content (AvgIpc) is 3.09. The first-order valence-electron chi connectivity index (χ1n) is 6.05. The van der Waals surface area contributed by atoms with Crippen LogP contribution in [-0.2, 0) is 17.7 Å². The minimum absolute atomic E-state index is 0.159. The maximum Gasteiger partial charge on any atom is 0.202 e. The lowest BCUT2D eigenvalue weighted by atomic mass is 10.4. The molecular weight excluding hydrogens is 378 g/mol. The van der Waals surface area contributed by atoms with Crippen LogP contribution in [-0.4, -0.2) is 33.4 Å². The lowest BCUT2D eigenvalue weighted by Crippen LogP contribution is -2.29. The molecule has 2 aromatic rings. The maximum atomic E-state index is 10.7. The van der Waals surface area contributed by atoms with Crippen LogP contribution in [0.5, 0.6) is 0 Å². The zero-order valence-electron chi connectivity index (χ0n) is 11.3. The topological polar surface area (TPSA) is 158 Å². The van der Waals surface area contributed by atoms with Gasteiger partial charge in [0.2, 0.25) is 5.82 Å². The van der Waals surface area contributed by atoms with Gasteiger partial charge in [-0.2, -0.15) is 0 Å². The van der Waals surface area contributed by atoms with Gasteiger partial charge in [-0.05, 0) is 32.3 Å². The molecule has 1 atom stereocenters. The second-order valence-electron chi connectivity index (χ2n) is 4.01. The van der Waals surface area contributed by atoms with E-state index in [1.54, 1.807) is 12.3 Å². The molecule has 0 amide bonds. The zero-order valence-corrected chi connectivity index (χ0v) is 13.7. The summed E-state index contributed by atoms with van der Waals surface area (Å²) in [4.78, 5) is 4.16. The minimum atomic E-state index is -1.56. The van der Waals surface area contributed by atoms with Gasteiger partial charge in [0, 0.05) is 13.1 Å². The van der Waals surface area contributed by atoms with E-state index in [-0.39, 0.29) is 12.4 Å². The molecule has 0 aliphatic carbocycles. The van der Waals surface area contributed by atoms with Crippen LogP contribution in [0.2, 0.25) is 0 Å². The summed E-state index contributed by atoms with van der Waals surface area (Å²) in [6.07, 6.45) is 1.56. The standard InChI is InChI=1S/C10H14BrN7O3S/c11-6-3-7(20-5-6)4-15-9(12)8-10(18-21-17-8)14-1-2-16-22(13)19/h3,5,16H,1-2,4,13H2,(H2,12,15)(H,14,18). The van der Waals surface area contributed by atoms with Gasteiger partial charge >= 0.3 is 0 Å². The van der Waals surface area contributed by atoms with Gasteiger partial charge in [0.25, 0.3) is 0 Å². The molecule has 10 nitrogen and oxygen atoms in total. The first-order valence-corrected chi connectivity index (χ1v) is 8.06. The lowest BCUT2D eigenvalue weighted by Gasteiger charge is -2.03. The van der Waals surface area contributed by atoms with Crippen molar-refractivity contribution in [1.82, 2.24) is 15.0 Å². The third-order valence-electron chi connectivity index (χ3n) is 2.42. The van der Waals surface area contributed by atoms with Crippen LogP contribution in [0.15, 0.2) is 30.8 Å². The van der Waals surface area contributed by atoms with Crippen LogP contribution in [0.25, 0.3) is 0 Å². The Morgan fingerprint density at radius 1 is 1.45 bits per heavy atom. The Kier molecular flexibility index (Phi) is 6.06. The van der Waals surface area contributed by atoms with Gasteiger partial charge in [0.1, 0.15) is 12.0 Å². The number of nitrogens with one attached hydrogen (secondary N) is 2. The number of hydrogen-bond donors (Lipinski definition) is 4. The summed E-state index contributed by atoms with van der Waals surface area (Å²) in [5.41, 5.74) is 6.15. The Morgan fingerprint density at radius 2 is 2.27 bits per heavy atom. The summed E-state index contributed by atoms with van der Waals surface area (Å²) in [6, 6.07) is 1.79. The molecule has 0 aliphatic heterocycles. The molecule has 0 spiro atoms. The van der Waals surface area contributed by atoms with Crippen molar-refractivity contribution in [3.05, 3.63) is 28.3 Å². The Hall–Kier alpha value is -1.76. The average molecular weight is 392 g/mol. The number of rotatable bonds is 8. The number of furan rings is 1. The molecule has 22 heavy (non-hydrogen) atoms. The Morgan fingerprint density at radius 3 is 2.95 bits per heavy atom. The molecule has 0 radical (unpaired) electrons. The SMILES string of the molecule is NC(=NCc1cc(Br)co1)c1nonc1NCCNS(N)=O. The predicted octanol–water partition coefficient (Wildman–Crippen LogP) is -0.130. The molecule has 2 heterocycles. The number of aromatic nitrogens is 2. The van der Waals surface area contributed by atoms with E-state index in [2.05, 4.69) is 45.9 Å². The molecule has 0 fully saturated rings. The molecular formula is C10H14BrN7O3S. The van der Waals surface area contributed by atoms with Crippen LogP contribution in [0.1, 0.15) is 11.5 Å². The molecule has 2 aromatic heterocycles. The number of nitrogens with two attached hydrogens (primary N) is 2. The molecule has 6 N–H and O–H groups in total. The summed E-state index contributed by atoms with van der Waals surface area (Å²) >= 11 is 1.72. The Balaban J connectivity index is 1.93. The monoisotopic (exact) mass is 391 g/mol. The number of aliphatic imine (C=N–C) groups is 1. The van der Waals surface area contributed by atoms with E-state index >= 15 is 0 Å². The summed E-state index contributed by atoms with van der Waals surface area (Å²) in [6.45, 7) is 1.03. The predicted molar refractivity (Wildman–Crippen MR) is 84.0 cm³/mol. The fourth-order valence-electron chi connectivity index (χ4n) is 1.48. The van der Waals surface area contributed by atoms with Crippen LogP contribution in [0, 0.1) is 0 Å². The van der Waals surface area contributed by atoms with E-state index in [0.29, 0.717) is 30.4 Å². The third kappa shape index (κ3) is 4.91. The number of nitrogens with zero attached hydrogens (tertiary/aromatic N) is 3. The van der Waals surface area contributed by atoms with Crippen molar-refractivity contribution in [1.29, 1.82) is 0 Å². The second kappa shape index (κ2) is 8.03. The summed E-state index contributed by atoms with van der Waals surface area (Å²) in [5, 5.41) is 15.4. The molecule has 0 aliphatic rings. The fraction of sp³-hybridized carbons (Fsp3) is 0.300. The first kappa shape index (κ1) is 16.6. The quantitative estimate of drug-likeness (QED) is 0.277. The van der Waals surface area contributed by atoms with E-state index in [1.165, 1.54) is 0 Å². The molecule has 120 valence electrons. The fourth-order valence-corrected chi connectivity index (χ4v) is 2.13.